The van der Waals surface area contributed by atoms with Crippen molar-refractivity contribution in [1.29, 1.82) is 5.26 Å². The van der Waals surface area contributed by atoms with Crippen molar-refractivity contribution >= 4 is 5.69 Å². The second-order valence-electron chi connectivity index (χ2n) is 3.32. The first-order chi connectivity index (χ1) is 8.70. The number of nitriles is 1. The summed E-state index contributed by atoms with van der Waals surface area (Å²) in [5, 5.41) is 19.5. The number of aromatic nitrogens is 1. The molecular weight excluding hydrogens is 234 g/mol. The third-order valence-corrected chi connectivity index (χ3v) is 2.14. The van der Waals surface area contributed by atoms with E-state index in [1.54, 1.807) is 12.1 Å². The van der Waals surface area contributed by atoms with Crippen molar-refractivity contribution in [2.75, 3.05) is 0 Å². The van der Waals surface area contributed by atoms with Crippen LogP contribution in [0.2, 0.25) is 0 Å². The standard InChI is InChI=1S/C12H7N3O3/c13-8-9-5-6-14-12(7-9)18-11-4-2-1-3-10(11)15(16)17/h1-7H. The number of para-hydroxylation sites is 2. The third kappa shape index (κ3) is 2.41. The number of rotatable bonds is 3. The van der Waals surface area contributed by atoms with Crippen molar-refractivity contribution in [2.24, 2.45) is 0 Å². The van der Waals surface area contributed by atoms with Gasteiger partial charge in [0.05, 0.1) is 16.6 Å². The summed E-state index contributed by atoms with van der Waals surface area (Å²) < 4.78 is 5.31. The first-order valence-corrected chi connectivity index (χ1v) is 4.98. The molecule has 0 aliphatic carbocycles. The Labute approximate surface area is 102 Å². The van der Waals surface area contributed by atoms with Crippen molar-refractivity contribution in [3.05, 3.63) is 58.3 Å². The summed E-state index contributed by atoms with van der Waals surface area (Å²) in [6.07, 6.45) is 1.41. The Kier molecular flexibility index (Phi) is 3.16. The monoisotopic (exact) mass is 241 g/mol. The van der Waals surface area contributed by atoms with Gasteiger partial charge < -0.3 is 4.74 Å². The van der Waals surface area contributed by atoms with Gasteiger partial charge in [0, 0.05) is 18.3 Å². The maximum Gasteiger partial charge on any atom is 0.311 e. The molecule has 2 aromatic rings. The van der Waals surface area contributed by atoms with Gasteiger partial charge in [-0.1, -0.05) is 12.1 Å². The van der Waals surface area contributed by atoms with Crippen molar-refractivity contribution < 1.29 is 9.66 Å². The van der Waals surface area contributed by atoms with Gasteiger partial charge in [-0.05, 0) is 12.1 Å². The number of benzene rings is 1. The van der Waals surface area contributed by atoms with E-state index in [2.05, 4.69) is 4.98 Å². The van der Waals surface area contributed by atoms with E-state index in [1.165, 1.54) is 30.5 Å². The van der Waals surface area contributed by atoms with Crippen LogP contribution in [0.1, 0.15) is 5.56 Å². The second-order valence-corrected chi connectivity index (χ2v) is 3.32. The highest BCUT2D eigenvalue weighted by molar-refractivity contribution is 5.47. The van der Waals surface area contributed by atoms with Crippen LogP contribution in [-0.4, -0.2) is 9.91 Å². The maximum atomic E-state index is 10.8. The van der Waals surface area contributed by atoms with Crippen LogP contribution in [0.5, 0.6) is 11.6 Å². The number of nitrogens with zero attached hydrogens (tertiary/aromatic N) is 3. The maximum absolute atomic E-state index is 10.8. The van der Waals surface area contributed by atoms with E-state index < -0.39 is 4.92 Å². The first kappa shape index (κ1) is 11.5. The topological polar surface area (TPSA) is 89.0 Å². The fraction of sp³-hybridized carbons (Fsp3) is 0. The van der Waals surface area contributed by atoms with Gasteiger partial charge in [0.1, 0.15) is 0 Å². The fourth-order valence-electron chi connectivity index (χ4n) is 1.34. The quantitative estimate of drug-likeness (QED) is 0.608. The van der Waals surface area contributed by atoms with Crippen LogP contribution < -0.4 is 4.74 Å². The third-order valence-electron chi connectivity index (χ3n) is 2.14. The van der Waals surface area contributed by atoms with Crippen molar-refractivity contribution in [1.82, 2.24) is 4.98 Å². The van der Waals surface area contributed by atoms with Crippen LogP contribution in [0.15, 0.2) is 42.6 Å². The van der Waals surface area contributed by atoms with Crippen LogP contribution in [0.4, 0.5) is 5.69 Å². The lowest BCUT2D eigenvalue weighted by Crippen LogP contribution is -1.94. The van der Waals surface area contributed by atoms with Gasteiger partial charge in [-0.15, -0.1) is 0 Å². The van der Waals surface area contributed by atoms with Gasteiger partial charge in [0.15, 0.2) is 0 Å². The average molecular weight is 241 g/mol. The zero-order chi connectivity index (χ0) is 13.0. The average Bonchev–Trinajstić information content (AvgIpc) is 2.39. The molecule has 0 radical (unpaired) electrons. The van der Waals surface area contributed by atoms with E-state index in [1.807, 2.05) is 6.07 Å². The summed E-state index contributed by atoms with van der Waals surface area (Å²) in [5.41, 5.74) is 0.222. The Morgan fingerprint density at radius 1 is 1.33 bits per heavy atom. The molecule has 1 heterocycles. The van der Waals surface area contributed by atoms with E-state index in [0.717, 1.165) is 0 Å². The summed E-state index contributed by atoms with van der Waals surface area (Å²) in [4.78, 5) is 14.1. The van der Waals surface area contributed by atoms with Crippen LogP contribution in [-0.2, 0) is 0 Å². The number of hydrogen-bond donors (Lipinski definition) is 0. The molecule has 6 nitrogen and oxygen atoms in total. The van der Waals surface area contributed by atoms with Crippen molar-refractivity contribution in [3.8, 4) is 17.7 Å². The molecule has 0 spiro atoms. The van der Waals surface area contributed by atoms with E-state index in [-0.39, 0.29) is 17.3 Å². The van der Waals surface area contributed by atoms with Gasteiger partial charge in [-0.2, -0.15) is 5.26 Å². The molecule has 0 saturated heterocycles. The minimum Gasteiger partial charge on any atom is -0.432 e. The minimum absolute atomic E-state index is 0.0880. The Morgan fingerprint density at radius 3 is 2.83 bits per heavy atom. The minimum atomic E-state index is -0.538. The highest BCUT2D eigenvalue weighted by atomic mass is 16.6. The van der Waals surface area contributed by atoms with Gasteiger partial charge in [-0.3, -0.25) is 10.1 Å². The van der Waals surface area contributed by atoms with E-state index in [4.69, 9.17) is 10.00 Å². The predicted octanol–water partition coefficient (Wildman–Crippen LogP) is 2.65. The molecule has 0 amide bonds. The van der Waals surface area contributed by atoms with E-state index in [9.17, 15) is 10.1 Å². The van der Waals surface area contributed by atoms with Gasteiger partial charge in [-0.25, -0.2) is 4.98 Å². The van der Waals surface area contributed by atoms with E-state index in [0.29, 0.717) is 5.56 Å². The summed E-state index contributed by atoms with van der Waals surface area (Å²) in [5.74, 6) is 0.230. The molecule has 0 saturated carbocycles. The smallest absolute Gasteiger partial charge is 0.311 e. The molecule has 88 valence electrons. The highest BCUT2D eigenvalue weighted by Crippen LogP contribution is 2.29. The van der Waals surface area contributed by atoms with Gasteiger partial charge in [0.2, 0.25) is 11.6 Å². The molecular formula is C12H7N3O3. The summed E-state index contributed by atoms with van der Waals surface area (Å²) in [6, 6.07) is 10.8. The molecule has 0 bridgehead atoms. The Balaban J connectivity index is 2.34. The largest absolute Gasteiger partial charge is 0.432 e. The van der Waals surface area contributed by atoms with Gasteiger partial charge in [0.25, 0.3) is 0 Å². The number of ether oxygens (including phenoxy) is 1. The second kappa shape index (κ2) is 4.93. The number of nitro groups is 1. The molecule has 0 atom stereocenters. The Hall–Kier alpha value is -2.94. The normalized spacial score (nSPS) is 9.50. The SMILES string of the molecule is N#Cc1ccnc(Oc2ccccc2[N+](=O)[O-])c1. The highest BCUT2D eigenvalue weighted by Gasteiger charge is 2.14. The zero-order valence-electron chi connectivity index (χ0n) is 9.11. The lowest BCUT2D eigenvalue weighted by atomic mass is 10.3. The lowest BCUT2D eigenvalue weighted by Gasteiger charge is -2.04. The van der Waals surface area contributed by atoms with Gasteiger partial charge >= 0.3 is 5.69 Å². The fourth-order valence-corrected chi connectivity index (χ4v) is 1.34. The van der Waals surface area contributed by atoms with Crippen molar-refractivity contribution in [3.63, 3.8) is 0 Å². The van der Waals surface area contributed by atoms with Crippen LogP contribution in [0, 0.1) is 21.4 Å². The molecule has 0 fully saturated rings. The number of hydrogen-bond acceptors (Lipinski definition) is 5. The molecule has 6 heteroatoms. The Bertz CT molecular complexity index is 634. The molecule has 1 aromatic heterocycles. The molecule has 0 N–H and O–H groups in total. The number of nitro benzene ring substituents is 1. The number of pyridine rings is 1. The molecule has 1 aromatic carbocycles. The molecule has 2 rings (SSSR count). The van der Waals surface area contributed by atoms with Crippen LogP contribution >= 0.6 is 0 Å². The molecule has 18 heavy (non-hydrogen) atoms. The summed E-state index contributed by atoms with van der Waals surface area (Å²) in [6.45, 7) is 0. The summed E-state index contributed by atoms with van der Waals surface area (Å²) in [7, 11) is 0. The van der Waals surface area contributed by atoms with Crippen molar-refractivity contribution in [2.45, 2.75) is 0 Å². The lowest BCUT2D eigenvalue weighted by molar-refractivity contribution is -0.385. The van der Waals surface area contributed by atoms with E-state index >= 15 is 0 Å². The Morgan fingerprint density at radius 2 is 2.11 bits per heavy atom. The zero-order valence-corrected chi connectivity index (χ0v) is 9.11. The van der Waals surface area contributed by atoms with Crippen LogP contribution in [0.25, 0.3) is 0 Å². The first-order valence-electron chi connectivity index (χ1n) is 4.98. The predicted molar refractivity (Wildman–Crippen MR) is 62.1 cm³/mol. The summed E-state index contributed by atoms with van der Waals surface area (Å²) >= 11 is 0. The van der Waals surface area contributed by atoms with Crippen LogP contribution in [0.3, 0.4) is 0 Å². The molecule has 0 aliphatic rings. The molecule has 0 aliphatic heterocycles. The molecule has 0 unspecified atom stereocenters.